The molecule has 0 aliphatic heterocycles. The maximum absolute atomic E-state index is 13.0. The molecule has 6 nitrogen and oxygen atoms in total. The molecule has 0 spiro atoms. The Balaban J connectivity index is 1.76. The minimum atomic E-state index is -0.399. The summed E-state index contributed by atoms with van der Waals surface area (Å²) in [5.74, 6) is -1.07. The van der Waals surface area contributed by atoms with E-state index in [1.807, 2.05) is 24.3 Å². The Kier molecular flexibility index (Phi) is 6.56. The van der Waals surface area contributed by atoms with Crippen LogP contribution in [0.3, 0.4) is 0 Å². The number of benzene rings is 2. The van der Waals surface area contributed by atoms with E-state index in [0.29, 0.717) is 5.69 Å². The molecule has 0 aliphatic carbocycles. The van der Waals surface area contributed by atoms with Crippen molar-refractivity contribution in [3.05, 3.63) is 76.5 Å². The van der Waals surface area contributed by atoms with E-state index in [1.165, 1.54) is 17.0 Å². The van der Waals surface area contributed by atoms with Crippen molar-refractivity contribution in [1.82, 2.24) is 14.9 Å². The van der Waals surface area contributed by atoms with Gasteiger partial charge in [-0.25, -0.2) is 4.39 Å². The highest BCUT2D eigenvalue weighted by Gasteiger charge is 2.23. The van der Waals surface area contributed by atoms with E-state index in [0.717, 1.165) is 22.7 Å². The molecule has 156 valence electrons. The number of anilines is 1. The van der Waals surface area contributed by atoms with Crippen molar-refractivity contribution in [3.63, 3.8) is 0 Å². The third-order valence-electron chi connectivity index (χ3n) is 4.57. The molecule has 2 aromatic carbocycles. The van der Waals surface area contributed by atoms with Gasteiger partial charge < -0.3 is 5.32 Å². The number of carbonyl (C=O) groups excluding carboxylic acids is 2. The molecule has 1 aromatic heterocycles. The van der Waals surface area contributed by atoms with Gasteiger partial charge in [0.1, 0.15) is 12.4 Å². The van der Waals surface area contributed by atoms with Crippen LogP contribution in [-0.4, -0.2) is 27.9 Å². The number of hydrogen-bond donors (Lipinski definition) is 1. The minimum Gasteiger partial charge on any atom is -0.350 e. The summed E-state index contributed by atoms with van der Waals surface area (Å²) in [5.41, 5.74) is 2.64. The first-order chi connectivity index (χ1) is 14.2. The predicted octanol–water partition coefficient (Wildman–Crippen LogP) is 3.94. The van der Waals surface area contributed by atoms with Crippen LogP contribution in [0.25, 0.3) is 0 Å². The molecular weight excluding hydrogens is 403 g/mol. The monoisotopic (exact) mass is 426 g/mol. The normalized spacial score (nSPS) is 11.2. The van der Waals surface area contributed by atoms with Gasteiger partial charge >= 0.3 is 0 Å². The fourth-order valence-corrected chi connectivity index (χ4v) is 3.25. The number of halogens is 1. The third kappa shape index (κ3) is 5.48. The molecule has 0 saturated carbocycles. The van der Waals surface area contributed by atoms with E-state index >= 15 is 0 Å². The van der Waals surface area contributed by atoms with Crippen LogP contribution in [0.1, 0.15) is 42.4 Å². The van der Waals surface area contributed by atoms with Gasteiger partial charge in [-0.3, -0.25) is 14.5 Å². The summed E-state index contributed by atoms with van der Waals surface area (Å²) in [6.45, 7) is 6.38. The fraction of sp³-hybridized carbons (Fsp3) is 0.273. The first-order valence-corrected chi connectivity index (χ1v) is 10.3. The number of carbonyl (C=O) groups is 2. The standard InChI is InChI=1S/C22H23FN4O2S/c1-22(2,3)16-6-10-18(11-7-16)27(21(29)19-14-30-26-25-19)13-20(28)24-12-15-4-8-17(23)9-5-15/h4-11,14H,12-13H2,1-3H3,(H,24,28). The Morgan fingerprint density at radius 3 is 2.30 bits per heavy atom. The molecule has 1 N–H and O–H groups in total. The van der Waals surface area contributed by atoms with Crippen molar-refractivity contribution in [2.75, 3.05) is 11.4 Å². The second-order valence-electron chi connectivity index (χ2n) is 7.88. The van der Waals surface area contributed by atoms with E-state index in [4.69, 9.17) is 0 Å². The van der Waals surface area contributed by atoms with Gasteiger partial charge in [-0.1, -0.05) is 49.5 Å². The summed E-state index contributed by atoms with van der Waals surface area (Å²) in [6.07, 6.45) is 0. The van der Waals surface area contributed by atoms with Gasteiger partial charge in [0.25, 0.3) is 5.91 Å². The zero-order valence-electron chi connectivity index (χ0n) is 17.1. The number of amides is 2. The van der Waals surface area contributed by atoms with Gasteiger partial charge in [0.15, 0.2) is 5.69 Å². The van der Waals surface area contributed by atoms with Crippen molar-refractivity contribution in [3.8, 4) is 0 Å². The van der Waals surface area contributed by atoms with Crippen molar-refractivity contribution < 1.29 is 14.0 Å². The number of aromatic nitrogens is 2. The van der Waals surface area contributed by atoms with Crippen molar-refractivity contribution >= 4 is 29.0 Å². The van der Waals surface area contributed by atoms with Crippen LogP contribution in [0.2, 0.25) is 0 Å². The molecule has 0 unspecified atom stereocenters. The average molecular weight is 427 g/mol. The van der Waals surface area contributed by atoms with Crippen molar-refractivity contribution in [1.29, 1.82) is 0 Å². The molecule has 30 heavy (non-hydrogen) atoms. The number of nitrogens with zero attached hydrogens (tertiary/aromatic N) is 3. The molecule has 3 aromatic rings. The number of hydrogen-bond acceptors (Lipinski definition) is 5. The molecule has 0 bridgehead atoms. The molecule has 1 heterocycles. The molecule has 0 radical (unpaired) electrons. The SMILES string of the molecule is CC(C)(C)c1ccc(N(CC(=O)NCc2ccc(F)cc2)C(=O)c2csnn2)cc1. The van der Waals surface area contributed by atoms with E-state index in [9.17, 15) is 14.0 Å². The van der Waals surface area contributed by atoms with Crippen LogP contribution in [0.15, 0.2) is 53.9 Å². The Labute approximate surface area is 178 Å². The molecule has 3 rings (SSSR count). The number of rotatable bonds is 6. The van der Waals surface area contributed by atoms with Gasteiger partial charge in [-0.05, 0) is 52.3 Å². The molecule has 0 fully saturated rings. The second kappa shape index (κ2) is 9.13. The van der Waals surface area contributed by atoms with E-state index in [2.05, 4.69) is 35.7 Å². The predicted molar refractivity (Wildman–Crippen MR) is 115 cm³/mol. The summed E-state index contributed by atoms with van der Waals surface area (Å²) in [5, 5.41) is 8.16. The maximum atomic E-state index is 13.0. The highest BCUT2D eigenvalue weighted by atomic mass is 32.1. The topological polar surface area (TPSA) is 75.2 Å². The first kappa shape index (κ1) is 21.6. The lowest BCUT2D eigenvalue weighted by Gasteiger charge is -2.24. The zero-order valence-corrected chi connectivity index (χ0v) is 17.9. The Bertz CT molecular complexity index is 997. The van der Waals surface area contributed by atoms with Crippen LogP contribution >= 0.6 is 11.5 Å². The molecule has 8 heteroatoms. The van der Waals surface area contributed by atoms with Crippen LogP contribution in [0.4, 0.5) is 10.1 Å². The molecule has 0 atom stereocenters. The summed E-state index contributed by atoms with van der Waals surface area (Å²) in [7, 11) is 0. The van der Waals surface area contributed by atoms with Crippen LogP contribution in [0, 0.1) is 5.82 Å². The van der Waals surface area contributed by atoms with Gasteiger partial charge in [-0.2, -0.15) is 0 Å². The highest BCUT2D eigenvalue weighted by molar-refractivity contribution is 7.03. The Hall–Kier alpha value is -3.13. The summed E-state index contributed by atoms with van der Waals surface area (Å²) in [6, 6.07) is 13.4. The van der Waals surface area contributed by atoms with Gasteiger partial charge in [-0.15, -0.1) is 5.10 Å². The van der Waals surface area contributed by atoms with Crippen LogP contribution < -0.4 is 10.2 Å². The summed E-state index contributed by atoms with van der Waals surface area (Å²) < 4.78 is 16.8. The van der Waals surface area contributed by atoms with Gasteiger partial charge in [0, 0.05) is 17.6 Å². The molecular formula is C22H23FN4O2S. The summed E-state index contributed by atoms with van der Waals surface area (Å²) in [4.78, 5) is 26.9. The molecule has 0 saturated heterocycles. The number of nitrogens with one attached hydrogen (secondary N) is 1. The quantitative estimate of drug-likeness (QED) is 0.648. The van der Waals surface area contributed by atoms with Crippen LogP contribution in [-0.2, 0) is 16.8 Å². The smallest absolute Gasteiger partial charge is 0.280 e. The maximum Gasteiger partial charge on any atom is 0.280 e. The van der Waals surface area contributed by atoms with Crippen molar-refractivity contribution in [2.45, 2.75) is 32.7 Å². The highest BCUT2D eigenvalue weighted by Crippen LogP contribution is 2.25. The largest absolute Gasteiger partial charge is 0.350 e. The zero-order chi connectivity index (χ0) is 21.7. The van der Waals surface area contributed by atoms with Crippen LogP contribution in [0.5, 0.6) is 0 Å². The third-order valence-corrected chi connectivity index (χ3v) is 5.08. The molecule has 0 aliphatic rings. The first-order valence-electron chi connectivity index (χ1n) is 9.44. The van der Waals surface area contributed by atoms with Gasteiger partial charge in [0.2, 0.25) is 5.91 Å². The van der Waals surface area contributed by atoms with Crippen molar-refractivity contribution in [2.24, 2.45) is 0 Å². The van der Waals surface area contributed by atoms with Gasteiger partial charge in [0.05, 0.1) is 0 Å². The Morgan fingerprint density at radius 1 is 1.07 bits per heavy atom. The van der Waals surface area contributed by atoms with E-state index in [1.54, 1.807) is 17.5 Å². The average Bonchev–Trinajstić information content (AvgIpc) is 3.25. The minimum absolute atomic E-state index is 0.0290. The fourth-order valence-electron chi connectivity index (χ4n) is 2.82. The molecule has 2 amide bonds. The Morgan fingerprint density at radius 2 is 1.73 bits per heavy atom. The van der Waals surface area contributed by atoms with E-state index < -0.39 is 5.91 Å². The second-order valence-corrected chi connectivity index (χ2v) is 8.49. The van der Waals surface area contributed by atoms with E-state index in [-0.39, 0.29) is 35.9 Å². The summed E-state index contributed by atoms with van der Waals surface area (Å²) >= 11 is 1.07. The lowest BCUT2D eigenvalue weighted by Crippen LogP contribution is -2.41. The lowest BCUT2D eigenvalue weighted by atomic mass is 9.87. The lowest BCUT2D eigenvalue weighted by molar-refractivity contribution is -0.119.